The molecule has 3 rings (SSSR count). The molecule has 0 unspecified atom stereocenters. The number of benzene rings is 2. The standard InChI is InChI=1S/C18H17N5O4/c24-22(25)15-6-7-16(17(12-15)23(26)27)19-9-8-18-20-10-11-21(18)13-14-4-2-1-3-5-14/h1-7,10-12,19H,8-9,13H2. The van der Waals surface area contributed by atoms with Gasteiger partial charge in [-0.25, -0.2) is 4.98 Å². The first kappa shape index (κ1) is 18.1. The smallest absolute Gasteiger partial charge is 0.299 e. The van der Waals surface area contributed by atoms with Crippen molar-refractivity contribution in [3.63, 3.8) is 0 Å². The molecule has 0 aliphatic rings. The molecule has 0 radical (unpaired) electrons. The number of aromatic nitrogens is 2. The van der Waals surface area contributed by atoms with E-state index in [1.807, 2.05) is 41.1 Å². The Morgan fingerprint density at radius 3 is 2.52 bits per heavy atom. The van der Waals surface area contributed by atoms with Crippen molar-refractivity contribution in [1.82, 2.24) is 9.55 Å². The summed E-state index contributed by atoms with van der Waals surface area (Å²) in [4.78, 5) is 25.0. The molecule has 0 amide bonds. The predicted molar refractivity (Wildman–Crippen MR) is 99.7 cm³/mol. The zero-order chi connectivity index (χ0) is 19.2. The summed E-state index contributed by atoms with van der Waals surface area (Å²) in [6, 6.07) is 13.5. The SMILES string of the molecule is O=[N+]([O-])c1ccc(NCCc2nccn2Cc2ccccc2)c([N+](=O)[O-])c1. The van der Waals surface area contributed by atoms with Gasteiger partial charge in [0.05, 0.1) is 15.9 Å². The minimum Gasteiger partial charge on any atom is -0.379 e. The number of nitro groups is 2. The molecule has 0 fully saturated rings. The average Bonchev–Trinajstić information content (AvgIpc) is 3.09. The van der Waals surface area contributed by atoms with Crippen LogP contribution < -0.4 is 5.32 Å². The number of imidazole rings is 1. The molecule has 9 nitrogen and oxygen atoms in total. The monoisotopic (exact) mass is 367 g/mol. The van der Waals surface area contributed by atoms with E-state index in [2.05, 4.69) is 10.3 Å². The van der Waals surface area contributed by atoms with E-state index in [-0.39, 0.29) is 17.1 Å². The number of nitrogens with zero attached hydrogens (tertiary/aromatic N) is 4. The van der Waals surface area contributed by atoms with Gasteiger partial charge >= 0.3 is 0 Å². The third-order valence-corrected chi connectivity index (χ3v) is 4.05. The van der Waals surface area contributed by atoms with Crippen LogP contribution in [-0.2, 0) is 13.0 Å². The third kappa shape index (κ3) is 4.46. The van der Waals surface area contributed by atoms with Crippen LogP contribution in [0.1, 0.15) is 11.4 Å². The molecule has 1 N–H and O–H groups in total. The molecule has 1 heterocycles. The van der Waals surface area contributed by atoms with Gasteiger partial charge in [-0.05, 0) is 11.6 Å². The van der Waals surface area contributed by atoms with Crippen LogP contribution in [-0.4, -0.2) is 25.9 Å². The first-order valence-corrected chi connectivity index (χ1v) is 8.25. The van der Waals surface area contributed by atoms with E-state index in [0.717, 1.165) is 17.5 Å². The summed E-state index contributed by atoms with van der Waals surface area (Å²) in [6.07, 6.45) is 4.15. The van der Waals surface area contributed by atoms with Crippen LogP contribution in [0, 0.1) is 20.2 Å². The first-order valence-electron chi connectivity index (χ1n) is 8.25. The van der Waals surface area contributed by atoms with Gasteiger partial charge in [0.25, 0.3) is 11.4 Å². The Bertz CT molecular complexity index is 955. The summed E-state index contributed by atoms with van der Waals surface area (Å²) in [6.45, 7) is 1.10. The summed E-state index contributed by atoms with van der Waals surface area (Å²) >= 11 is 0. The zero-order valence-electron chi connectivity index (χ0n) is 14.3. The van der Waals surface area contributed by atoms with Crippen molar-refractivity contribution < 1.29 is 9.85 Å². The number of hydrogen-bond donors (Lipinski definition) is 1. The van der Waals surface area contributed by atoms with Crippen molar-refractivity contribution in [1.29, 1.82) is 0 Å². The van der Waals surface area contributed by atoms with Gasteiger partial charge in [-0.2, -0.15) is 0 Å². The molecule has 9 heteroatoms. The molecular weight excluding hydrogens is 350 g/mol. The second-order valence-corrected chi connectivity index (χ2v) is 5.85. The fourth-order valence-electron chi connectivity index (χ4n) is 2.74. The molecule has 0 aliphatic heterocycles. The van der Waals surface area contributed by atoms with E-state index < -0.39 is 9.85 Å². The second kappa shape index (κ2) is 8.09. The topological polar surface area (TPSA) is 116 Å². The summed E-state index contributed by atoms with van der Waals surface area (Å²) in [5, 5.41) is 24.9. The molecule has 0 saturated heterocycles. The van der Waals surface area contributed by atoms with Gasteiger partial charge in [0.15, 0.2) is 0 Å². The van der Waals surface area contributed by atoms with E-state index >= 15 is 0 Å². The quantitative estimate of drug-likeness (QED) is 0.482. The molecule has 3 aromatic rings. The van der Waals surface area contributed by atoms with Crippen molar-refractivity contribution in [2.45, 2.75) is 13.0 Å². The molecule has 2 aromatic carbocycles. The van der Waals surface area contributed by atoms with Crippen LogP contribution in [0.5, 0.6) is 0 Å². The molecule has 0 saturated carbocycles. The average molecular weight is 367 g/mol. The van der Waals surface area contributed by atoms with E-state index in [1.54, 1.807) is 6.20 Å². The zero-order valence-corrected chi connectivity index (χ0v) is 14.3. The summed E-state index contributed by atoms with van der Waals surface area (Å²) in [7, 11) is 0. The van der Waals surface area contributed by atoms with Gasteiger partial charge in [-0.1, -0.05) is 30.3 Å². The Morgan fingerprint density at radius 2 is 1.81 bits per heavy atom. The van der Waals surface area contributed by atoms with Crippen LogP contribution in [0.3, 0.4) is 0 Å². The molecule has 0 bridgehead atoms. The van der Waals surface area contributed by atoms with Gasteiger partial charge in [-0.15, -0.1) is 0 Å². The number of non-ortho nitro benzene ring substituents is 1. The van der Waals surface area contributed by atoms with E-state index in [9.17, 15) is 20.2 Å². The molecule has 138 valence electrons. The van der Waals surface area contributed by atoms with E-state index in [4.69, 9.17) is 0 Å². The maximum atomic E-state index is 11.2. The minimum absolute atomic E-state index is 0.242. The number of anilines is 1. The fourth-order valence-corrected chi connectivity index (χ4v) is 2.74. The third-order valence-electron chi connectivity index (χ3n) is 4.05. The number of nitro benzene ring substituents is 2. The summed E-state index contributed by atoms with van der Waals surface area (Å²) in [5.74, 6) is 0.843. The van der Waals surface area contributed by atoms with Crippen molar-refractivity contribution >= 4 is 17.1 Å². The Kier molecular flexibility index (Phi) is 5.41. The Hall–Kier alpha value is -3.75. The normalized spacial score (nSPS) is 10.5. The maximum Gasteiger partial charge on any atom is 0.299 e. The highest BCUT2D eigenvalue weighted by Gasteiger charge is 2.19. The van der Waals surface area contributed by atoms with Crippen LogP contribution in [0.4, 0.5) is 17.1 Å². The number of nitrogens with one attached hydrogen (secondary N) is 1. The summed E-state index contributed by atoms with van der Waals surface area (Å²) < 4.78 is 2.02. The highest BCUT2D eigenvalue weighted by atomic mass is 16.6. The maximum absolute atomic E-state index is 11.2. The van der Waals surface area contributed by atoms with Crippen molar-refractivity contribution in [3.8, 4) is 0 Å². The highest BCUT2D eigenvalue weighted by Crippen LogP contribution is 2.28. The molecule has 27 heavy (non-hydrogen) atoms. The second-order valence-electron chi connectivity index (χ2n) is 5.85. The summed E-state index contributed by atoms with van der Waals surface area (Å²) in [5.41, 5.74) is 0.755. The largest absolute Gasteiger partial charge is 0.379 e. The van der Waals surface area contributed by atoms with Crippen LogP contribution in [0.15, 0.2) is 60.9 Å². The van der Waals surface area contributed by atoms with Gasteiger partial charge in [0.1, 0.15) is 11.5 Å². The molecular formula is C18H17N5O4. The van der Waals surface area contributed by atoms with Crippen molar-refractivity contribution in [2.75, 3.05) is 11.9 Å². The van der Waals surface area contributed by atoms with E-state index in [1.165, 1.54) is 12.1 Å². The first-order chi connectivity index (χ1) is 13.0. The lowest BCUT2D eigenvalue weighted by molar-refractivity contribution is -0.393. The van der Waals surface area contributed by atoms with Crippen LogP contribution in [0.25, 0.3) is 0 Å². The molecule has 0 aliphatic carbocycles. The predicted octanol–water partition coefficient (Wildman–Crippen LogP) is 3.40. The fraction of sp³-hybridized carbons (Fsp3) is 0.167. The Morgan fingerprint density at radius 1 is 1.04 bits per heavy atom. The molecule has 0 atom stereocenters. The Labute approximate surface area is 154 Å². The van der Waals surface area contributed by atoms with Crippen LogP contribution >= 0.6 is 0 Å². The van der Waals surface area contributed by atoms with Gasteiger partial charge in [0.2, 0.25) is 0 Å². The lowest BCUT2D eigenvalue weighted by Crippen LogP contribution is -2.12. The lowest BCUT2D eigenvalue weighted by Gasteiger charge is -2.10. The number of rotatable bonds is 8. The highest BCUT2D eigenvalue weighted by molar-refractivity contribution is 5.65. The molecule has 0 spiro atoms. The van der Waals surface area contributed by atoms with E-state index in [0.29, 0.717) is 19.5 Å². The van der Waals surface area contributed by atoms with Crippen molar-refractivity contribution in [3.05, 3.63) is 92.5 Å². The molecule has 1 aromatic heterocycles. The van der Waals surface area contributed by atoms with Crippen LogP contribution in [0.2, 0.25) is 0 Å². The van der Waals surface area contributed by atoms with Gasteiger partial charge < -0.3 is 9.88 Å². The van der Waals surface area contributed by atoms with Crippen molar-refractivity contribution in [2.24, 2.45) is 0 Å². The van der Waals surface area contributed by atoms with Gasteiger partial charge in [-0.3, -0.25) is 20.2 Å². The number of hydrogen-bond acceptors (Lipinski definition) is 6. The lowest BCUT2D eigenvalue weighted by atomic mass is 10.2. The van der Waals surface area contributed by atoms with Gasteiger partial charge in [0, 0.05) is 38.0 Å². The Balaban J connectivity index is 1.66. The minimum atomic E-state index is -0.656.